The van der Waals surface area contributed by atoms with Crippen molar-refractivity contribution in [3.05, 3.63) is 64.7 Å². The molecular formula is C20H21ClN2O3. The Bertz CT molecular complexity index is 816. The normalized spacial score (nSPS) is 10.6. The summed E-state index contributed by atoms with van der Waals surface area (Å²) < 4.78 is 5.30. The van der Waals surface area contributed by atoms with E-state index in [0.717, 1.165) is 11.1 Å². The first-order valence-electron chi connectivity index (χ1n) is 8.02. The molecule has 0 heterocycles. The number of rotatable bonds is 6. The second kappa shape index (κ2) is 9.06. The first-order valence-corrected chi connectivity index (χ1v) is 8.40. The molecule has 0 unspecified atom stereocenters. The number of halogens is 1. The summed E-state index contributed by atoms with van der Waals surface area (Å²) in [6.45, 7) is 1.84. The molecule has 5 nitrogen and oxygen atoms in total. The summed E-state index contributed by atoms with van der Waals surface area (Å²) in [5, 5.41) is 3.29. The average molecular weight is 373 g/mol. The maximum Gasteiger partial charge on any atom is 0.246 e. The number of hydrogen-bond donors (Lipinski definition) is 1. The minimum Gasteiger partial charge on any atom is -0.496 e. The van der Waals surface area contributed by atoms with E-state index in [2.05, 4.69) is 5.32 Å². The number of hydrogen-bond acceptors (Lipinski definition) is 3. The van der Waals surface area contributed by atoms with Crippen LogP contribution in [0.5, 0.6) is 5.75 Å². The number of carbonyl (C=O) groups excluding carboxylic acids is 2. The molecule has 0 fully saturated rings. The standard InChI is InChI=1S/C20H21ClN2O3/c1-14(24)22-18-8-4-15(5-9-18)6-11-20(25)23(2)13-16-12-17(21)7-10-19(16)26-3/h4-12H,13H2,1-3H3,(H,22,24)/b11-6+. The third-order valence-corrected chi connectivity index (χ3v) is 3.91. The lowest BCUT2D eigenvalue weighted by Gasteiger charge is -2.17. The number of nitrogens with zero attached hydrogens (tertiary/aromatic N) is 1. The van der Waals surface area contributed by atoms with E-state index < -0.39 is 0 Å². The summed E-state index contributed by atoms with van der Waals surface area (Å²) in [4.78, 5) is 24.9. The summed E-state index contributed by atoms with van der Waals surface area (Å²) in [7, 11) is 3.30. The van der Waals surface area contributed by atoms with Gasteiger partial charge in [0.2, 0.25) is 11.8 Å². The molecule has 1 N–H and O–H groups in total. The zero-order valence-electron chi connectivity index (χ0n) is 15.0. The first kappa shape index (κ1) is 19.5. The van der Waals surface area contributed by atoms with Gasteiger partial charge in [0.1, 0.15) is 5.75 Å². The van der Waals surface area contributed by atoms with Gasteiger partial charge >= 0.3 is 0 Å². The van der Waals surface area contributed by atoms with Crippen molar-refractivity contribution in [3.63, 3.8) is 0 Å². The van der Waals surface area contributed by atoms with Crippen molar-refractivity contribution < 1.29 is 14.3 Å². The van der Waals surface area contributed by atoms with Crippen molar-refractivity contribution in [2.75, 3.05) is 19.5 Å². The fraction of sp³-hybridized carbons (Fsp3) is 0.200. The quantitative estimate of drug-likeness (QED) is 0.780. The van der Waals surface area contributed by atoms with Crippen molar-refractivity contribution >= 4 is 35.2 Å². The van der Waals surface area contributed by atoms with Gasteiger partial charge in [-0.2, -0.15) is 0 Å². The predicted octanol–water partition coefficient (Wildman–Crippen LogP) is 3.98. The highest BCUT2D eigenvalue weighted by molar-refractivity contribution is 6.30. The van der Waals surface area contributed by atoms with Crippen LogP contribution in [-0.4, -0.2) is 30.9 Å². The number of amides is 2. The van der Waals surface area contributed by atoms with Crippen LogP contribution in [0.1, 0.15) is 18.1 Å². The molecule has 0 aromatic heterocycles. The van der Waals surface area contributed by atoms with Crippen LogP contribution in [0.4, 0.5) is 5.69 Å². The van der Waals surface area contributed by atoms with Gasteiger partial charge in [0, 0.05) is 42.9 Å². The molecule has 2 amide bonds. The fourth-order valence-corrected chi connectivity index (χ4v) is 2.57. The Balaban J connectivity index is 2.01. The molecule has 0 atom stereocenters. The van der Waals surface area contributed by atoms with Crippen LogP contribution in [0.15, 0.2) is 48.5 Å². The smallest absolute Gasteiger partial charge is 0.246 e. The number of likely N-dealkylation sites (N-methyl/N-ethyl adjacent to an activating group) is 1. The van der Waals surface area contributed by atoms with Gasteiger partial charge in [-0.1, -0.05) is 23.7 Å². The van der Waals surface area contributed by atoms with E-state index in [9.17, 15) is 9.59 Å². The molecule has 136 valence electrons. The molecule has 2 rings (SSSR count). The van der Waals surface area contributed by atoms with Gasteiger partial charge in [0.25, 0.3) is 0 Å². The molecule has 0 aliphatic carbocycles. The van der Waals surface area contributed by atoms with Crippen molar-refractivity contribution in [2.24, 2.45) is 0 Å². The fourth-order valence-electron chi connectivity index (χ4n) is 2.38. The monoisotopic (exact) mass is 372 g/mol. The summed E-state index contributed by atoms with van der Waals surface area (Å²) in [6.07, 6.45) is 3.23. The summed E-state index contributed by atoms with van der Waals surface area (Å²) >= 11 is 6.02. The van der Waals surface area contributed by atoms with Crippen LogP contribution in [-0.2, 0) is 16.1 Å². The maximum absolute atomic E-state index is 12.3. The van der Waals surface area contributed by atoms with E-state index >= 15 is 0 Å². The van der Waals surface area contributed by atoms with E-state index in [4.69, 9.17) is 16.3 Å². The lowest BCUT2D eigenvalue weighted by molar-refractivity contribution is -0.125. The molecule has 0 saturated carbocycles. The van der Waals surface area contributed by atoms with Crippen LogP contribution < -0.4 is 10.1 Å². The predicted molar refractivity (Wildman–Crippen MR) is 104 cm³/mol. The van der Waals surface area contributed by atoms with Crippen LogP contribution in [0.2, 0.25) is 5.02 Å². The molecule has 2 aromatic rings. The molecule has 2 aromatic carbocycles. The van der Waals surface area contributed by atoms with Crippen LogP contribution >= 0.6 is 11.6 Å². The second-order valence-electron chi connectivity index (χ2n) is 5.79. The van der Waals surface area contributed by atoms with Gasteiger partial charge in [-0.05, 0) is 42.0 Å². The highest BCUT2D eigenvalue weighted by Gasteiger charge is 2.10. The lowest BCUT2D eigenvalue weighted by Crippen LogP contribution is -2.24. The summed E-state index contributed by atoms with van der Waals surface area (Å²) in [5.74, 6) is 0.422. The molecule has 0 bridgehead atoms. The third kappa shape index (κ3) is 5.63. The van der Waals surface area contributed by atoms with Crippen molar-refractivity contribution in [2.45, 2.75) is 13.5 Å². The van der Waals surface area contributed by atoms with E-state index in [0.29, 0.717) is 23.0 Å². The van der Waals surface area contributed by atoms with Crippen LogP contribution in [0.3, 0.4) is 0 Å². The molecular weight excluding hydrogens is 352 g/mol. The topological polar surface area (TPSA) is 58.6 Å². The Morgan fingerprint density at radius 1 is 1.19 bits per heavy atom. The number of carbonyl (C=O) groups is 2. The molecule has 26 heavy (non-hydrogen) atoms. The maximum atomic E-state index is 12.3. The van der Waals surface area contributed by atoms with Gasteiger partial charge in [-0.3, -0.25) is 9.59 Å². The number of anilines is 1. The van der Waals surface area contributed by atoms with Gasteiger partial charge in [-0.15, -0.1) is 0 Å². The SMILES string of the molecule is COc1ccc(Cl)cc1CN(C)C(=O)/C=C/c1ccc(NC(C)=O)cc1. The van der Waals surface area contributed by atoms with Gasteiger partial charge in [-0.25, -0.2) is 0 Å². The van der Waals surface area contributed by atoms with Crippen molar-refractivity contribution in [1.82, 2.24) is 4.90 Å². The Morgan fingerprint density at radius 3 is 2.50 bits per heavy atom. The van der Waals surface area contributed by atoms with E-state index in [1.807, 2.05) is 12.1 Å². The molecule has 0 spiro atoms. The largest absolute Gasteiger partial charge is 0.496 e. The van der Waals surface area contributed by atoms with E-state index in [1.165, 1.54) is 13.0 Å². The Kier molecular flexibility index (Phi) is 6.81. The Morgan fingerprint density at radius 2 is 1.88 bits per heavy atom. The average Bonchev–Trinajstić information content (AvgIpc) is 2.60. The van der Waals surface area contributed by atoms with E-state index in [-0.39, 0.29) is 11.8 Å². The zero-order chi connectivity index (χ0) is 19.1. The summed E-state index contributed by atoms with van der Waals surface area (Å²) in [6, 6.07) is 12.5. The van der Waals surface area contributed by atoms with Gasteiger partial charge in [0.15, 0.2) is 0 Å². The Hall–Kier alpha value is -2.79. The molecule has 0 saturated heterocycles. The minimum absolute atomic E-state index is 0.124. The Labute approximate surface area is 158 Å². The number of nitrogens with one attached hydrogen (secondary N) is 1. The molecule has 0 aliphatic heterocycles. The summed E-state index contributed by atoms with van der Waals surface area (Å²) in [5.41, 5.74) is 2.41. The number of benzene rings is 2. The van der Waals surface area contributed by atoms with Gasteiger partial charge in [0.05, 0.1) is 7.11 Å². The van der Waals surface area contributed by atoms with Crippen molar-refractivity contribution in [3.8, 4) is 5.75 Å². The van der Waals surface area contributed by atoms with Crippen molar-refractivity contribution in [1.29, 1.82) is 0 Å². The minimum atomic E-state index is -0.141. The van der Waals surface area contributed by atoms with E-state index in [1.54, 1.807) is 55.5 Å². The molecule has 0 aliphatic rings. The number of methoxy groups -OCH3 is 1. The third-order valence-electron chi connectivity index (χ3n) is 3.68. The van der Waals surface area contributed by atoms with Crippen LogP contribution in [0.25, 0.3) is 6.08 Å². The molecule has 0 radical (unpaired) electrons. The molecule has 6 heteroatoms. The highest BCUT2D eigenvalue weighted by Crippen LogP contribution is 2.23. The lowest BCUT2D eigenvalue weighted by atomic mass is 10.1. The van der Waals surface area contributed by atoms with Gasteiger partial charge < -0.3 is 15.0 Å². The highest BCUT2D eigenvalue weighted by atomic mass is 35.5. The second-order valence-corrected chi connectivity index (χ2v) is 6.22. The van der Waals surface area contributed by atoms with Crippen LogP contribution in [0, 0.1) is 0 Å². The zero-order valence-corrected chi connectivity index (χ0v) is 15.7. The first-order chi connectivity index (χ1) is 12.4. The number of ether oxygens (including phenoxy) is 1.